The van der Waals surface area contributed by atoms with Crippen molar-refractivity contribution in [1.82, 2.24) is 0 Å². The lowest BCUT2D eigenvalue weighted by Gasteiger charge is -2.61. The van der Waals surface area contributed by atoms with Gasteiger partial charge in [-0.2, -0.15) is 0 Å². The van der Waals surface area contributed by atoms with E-state index in [4.69, 9.17) is 0 Å². The van der Waals surface area contributed by atoms with Crippen molar-refractivity contribution in [2.45, 2.75) is 86.5 Å². The fourth-order valence-corrected chi connectivity index (χ4v) is 6.20. The summed E-state index contributed by atoms with van der Waals surface area (Å²) in [5, 5.41) is 9.94. The van der Waals surface area contributed by atoms with Crippen LogP contribution < -0.4 is 0 Å². The van der Waals surface area contributed by atoms with E-state index >= 15 is 0 Å². The monoisotopic (exact) mass is 322 g/mol. The number of rotatable bonds is 5. The Morgan fingerprint density at radius 1 is 1.22 bits per heavy atom. The summed E-state index contributed by atoms with van der Waals surface area (Å²) in [4.78, 5) is 12.1. The molecule has 2 aliphatic carbocycles. The van der Waals surface area contributed by atoms with Gasteiger partial charge in [-0.15, -0.1) is 0 Å². The Kier molecular flexibility index (Phi) is 5.53. The molecule has 1 unspecified atom stereocenters. The molecule has 0 saturated heterocycles. The highest BCUT2D eigenvalue weighted by atomic mass is 16.4. The van der Waals surface area contributed by atoms with Gasteiger partial charge in [0.15, 0.2) is 0 Å². The van der Waals surface area contributed by atoms with Crippen LogP contribution in [-0.2, 0) is 4.79 Å². The third-order valence-electron chi connectivity index (χ3n) is 7.88. The molecule has 0 aromatic carbocycles. The summed E-state index contributed by atoms with van der Waals surface area (Å²) in [6.07, 6.45) is 8.12. The summed E-state index contributed by atoms with van der Waals surface area (Å²) in [5.41, 5.74) is 0.258. The van der Waals surface area contributed by atoms with E-state index in [9.17, 15) is 9.90 Å². The van der Waals surface area contributed by atoms with Gasteiger partial charge in [-0.05, 0) is 60.2 Å². The SMILES string of the molecule is CC[C@@H](C)CC[C@H]1[C@@H](C)CC[C@H]2C(C)(C)CCC(C(=O)O)[C@]12C. The molecule has 23 heavy (non-hydrogen) atoms. The standard InChI is InChI=1S/C21H38O2/c1-7-14(2)8-10-16-15(3)9-11-18-20(4,5)13-12-17(19(22)23)21(16,18)6/h14-18H,7-13H2,1-6H3,(H,22,23)/t14-,15+,16+,17?,18+,21+/m1/s1. The summed E-state index contributed by atoms with van der Waals surface area (Å²) in [5.74, 6) is 1.85. The number of hydrogen-bond acceptors (Lipinski definition) is 1. The smallest absolute Gasteiger partial charge is 0.307 e. The predicted molar refractivity (Wildman–Crippen MR) is 96.3 cm³/mol. The van der Waals surface area contributed by atoms with Crippen molar-refractivity contribution in [2.24, 2.45) is 40.4 Å². The van der Waals surface area contributed by atoms with Crippen LogP contribution in [0.2, 0.25) is 0 Å². The normalized spacial score (nSPS) is 41.1. The van der Waals surface area contributed by atoms with Gasteiger partial charge in [-0.3, -0.25) is 4.79 Å². The van der Waals surface area contributed by atoms with Crippen molar-refractivity contribution >= 4 is 5.97 Å². The van der Waals surface area contributed by atoms with Crippen LogP contribution in [0.5, 0.6) is 0 Å². The van der Waals surface area contributed by atoms with Gasteiger partial charge in [0.05, 0.1) is 5.92 Å². The molecular weight excluding hydrogens is 284 g/mol. The maximum absolute atomic E-state index is 12.1. The van der Waals surface area contributed by atoms with Gasteiger partial charge in [-0.25, -0.2) is 0 Å². The van der Waals surface area contributed by atoms with Crippen LogP contribution in [0.25, 0.3) is 0 Å². The molecule has 134 valence electrons. The van der Waals surface area contributed by atoms with Crippen LogP contribution in [0.4, 0.5) is 0 Å². The molecule has 0 radical (unpaired) electrons. The van der Waals surface area contributed by atoms with E-state index in [2.05, 4.69) is 41.5 Å². The summed E-state index contributed by atoms with van der Waals surface area (Å²) < 4.78 is 0. The zero-order valence-corrected chi connectivity index (χ0v) is 16.2. The first kappa shape index (κ1) is 18.8. The van der Waals surface area contributed by atoms with Gasteiger partial charge in [0.25, 0.3) is 0 Å². The first-order valence-corrected chi connectivity index (χ1v) is 9.87. The fraction of sp³-hybridized carbons (Fsp3) is 0.952. The minimum atomic E-state index is -0.546. The van der Waals surface area contributed by atoms with Crippen molar-refractivity contribution in [3.05, 3.63) is 0 Å². The molecule has 0 aliphatic heterocycles. The van der Waals surface area contributed by atoms with Gasteiger partial charge >= 0.3 is 5.97 Å². The molecule has 0 heterocycles. The van der Waals surface area contributed by atoms with E-state index in [1.54, 1.807) is 0 Å². The van der Waals surface area contributed by atoms with Crippen LogP contribution >= 0.6 is 0 Å². The number of hydrogen-bond donors (Lipinski definition) is 1. The molecule has 2 aliphatic rings. The Morgan fingerprint density at radius 2 is 1.87 bits per heavy atom. The van der Waals surface area contributed by atoms with E-state index < -0.39 is 5.97 Å². The van der Waals surface area contributed by atoms with E-state index in [0.29, 0.717) is 17.8 Å². The minimum Gasteiger partial charge on any atom is -0.481 e. The third kappa shape index (κ3) is 3.33. The Hall–Kier alpha value is -0.530. The van der Waals surface area contributed by atoms with E-state index in [0.717, 1.165) is 18.8 Å². The molecule has 0 amide bonds. The van der Waals surface area contributed by atoms with Crippen molar-refractivity contribution in [3.8, 4) is 0 Å². The van der Waals surface area contributed by atoms with Gasteiger partial charge < -0.3 is 5.11 Å². The highest BCUT2D eigenvalue weighted by molar-refractivity contribution is 5.71. The topological polar surface area (TPSA) is 37.3 Å². The minimum absolute atomic E-state index is 0.0291. The molecule has 2 saturated carbocycles. The molecule has 2 rings (SSSR count). The zero-order chi connectivity index (χ0) is 17.4. The molecule has 0 aromatic heterocycles. The number of carbonyl (C=O) groups is 1. The Labute approximate surface area is 143 Å². The van der Waals surface area contributed by atoms with Crippen LogP contribution in [0.15, 0.2) is 0 Å². The summed E-state index contributed by atoms with van der Waals surface area (Å²) >= 11 is 0. The second-order valence-corrected chi connectivity index (χ2v) is 9.59. The zero-order valence-electron chi connectivity index (χ0n) is 16.2. The van der Waals surface area contributed by atoms with Gasteiger partial charge in [-0.1, -0.05) is 60.8 Å². The second kappa shape index (κ2) is 6.76. The van der Waals surface area contributed by atoms with Crippen molar-refractivity contribution < 1.29 is 9.90 Å². The first-order chi connectivity index (χ1) is 10.6. The van der Waals surface area contributed by atoms with Crippen LogP contribution in [0, 0.1) is 40.4 Å². The molecule has 2 fully saturated rings. The molecule has 2 heteroatoms. The molecule has 6 atom stereocenters. The largest absolute Gasteiger partial charge is 0.481 e. The summed E-state index contributed by atoms with van der Waals surface area (Å²) in [7, 11) is 0. The van der Waals surface area contributed by atoms with Gasteiger partial charge in [0.2, 0.25) is 0 Å². The summed E-state index contributed by atoms with van der Waals surface area (Å²) in [6, 6.07) is 0. The average molecular weight is 323 g/mol. The lowest BCUT2D eigenvalue weighted by molar-refractivity contribution is -0.174. The molecule has 0 aromatic rings. The predicted octanol–water partition coefficient (Wildman–Crippen LogP) is 6.00. The molecule has 2 nitrogen and oxygen atoms in total. The highest BCUT2D eigenvalue weighted by Gasteiger charge is 2.59. The van der Waals surface area contributed by atoms with E-state index in [-0.39, 0.29) is 16.7 Å². The third-order valence-corrected chi connectivity index (χ3v) is 7.88. The van der Waals surface area contributed by atoms with Gasteiger partial charge in [0, 0.05) is 0 Å². The average Bonchev–Trinajstić information content (AvgIpc) is 2.44. The van der Waals surface area contributed by atoms with Crippen LogP contribution in [0.1, 0.15) is 86.5 Å². The molecule has 1 N–H and O–H groups in total. The van der Waals surface area contributed by atoms with Gasteiger partial charge in [0.1, 0.15) is 0 Å². The number of fused-ring (bicyclic) bond motifs is 1. The first-order valence-electron chi connectivity index (χ1n) is 9.87. The quantitative estimate of drug-likeness (QED) is 0.673. The lowest BCUT2D eigenvalue weighted by atomic mass is 9.43. The highest BCUT2D eigenvalue weighted by Crippen LogP contribution is 2.64. The van der Waals surface area contributed by atoms with E-state index in [1.165, 1.54) is 32.1 Å². The van der Waals surface area contributed by atoms with Crippen LogP contribution in [-0.4, -0.2) is 11.1 Å². The van der Waals surface area contributed by atoms with Crippen LogP contribution in [0.3, 0.4) is 0 Å². The maximum Gasteiger partial charge on any atom is 0.307 e. The number of carboxylic acid groups (broad SMARTS) is 1. The molecular formula is C21H38O2. The fourth-order valence-electron chi connectivity index (χ4n) is 6.20. The van der Waals surface area contributed by atoms with Crippen molar-refractivity contribution in [1.29, 1.82) is 0 Å². The number of aliphatic carboxylic acids is 1. The Balaban J connectivity index is 2.35. The molecule has 0 bridgehead atoms. The van der Waals surface area contributed by atoms with Crippen molar-refractivity contribution in [2.75, 3.05) is 0 Å². The number of carboxylic acids is 1. The Bertz CT molecular complexity index is 428. The Morgan fingerprint density at radius 3 is 2.43 bits per heavy atom. The molecule has 0 spiro atoms. The van der Waals surface area contributed by atoms with Crippen molar-refractivity contribution in [3.63, 3.8) is 0 Å². The van der Waals surface area contributed by atoms with E-state index in [1.807, 2.05) is 0 Å². The maximum atomic E-state index is 12.1. The summed E-state index contributed by atoms with van der Waals surface area (Å²) in [6.45, 7) is 14.1. The lowest BCUT2D eigenvalue weighted by Crippen LogP contribution is -2.57. The second-order valence-electron chi connectivity index (χ2n) is 9.59.